The number of amides is 3. The van der Waals surface area contributed by atoms with E-state index in [1.165, 1.54) is 19.1 Å². The maximum atomic E-state index is 13.2. The fourth-order valence-electron chi connectivity index (χ4n) is 5.13. The molecule has 2 aliphatic heterocycles. The van der Waals surface area contributed by atoms with E-state index in [4.69, 9.17) is 0 Å². The number of halogens is 3. The molecule has 3 amide bonds. The lowest BCUT2D eigenvalue weighted by Crippen LogP contribution is -2.43. The van der Waals surface area contributed by atoms with Crippen molar-refractivity contribution in [2.24, 2.45) is 5.92 Å². The van der Waals surface area contributed by atoms with Crippen LogP contribution in [0.15, 0.2) is 71.9 Å². The summed E-state index contributed by atoms with van der Waals surface area (Å²) in [5.41, 5.74) is 1.79. The van der Waals surface area contributed by atoms with Gasteiger partial charge < -0.3 is 15.1 Å². The maximum absolute atomic E-state index is 13.2. The fraction of sp³-hybridized carbons (Fsp3) is 0.355. The normalized spacial score (nSPS) is 17.1. The summed E-state index contributed by atoms with van der Waals surface area (Å²) in [6.45, 7) is 4.95. The summed E-state index contributed by atoms with van der Waals surface area (Å²) in [4.78, 5) is 41.3. The van der Waals surface area contributed by atoms with E-state index >= 15 is 0 Å². The van der Waals surface area contributed by atoms with Crippen LogP contribution in [-0.4, -0.2) is 65.0 Å². The highest BCUT2D eigenvalue weighted by Crippen LogP contribution is 2.32. The second-order valence-corrected chi connectivity index (χ2v) is 10.3. The molecule has 216 valence electrons. The number of hydrogen-bond acceptors (Lipinski definition) is 3. The summed E-state index contributed by atoms with van der Waals surface area (Å²) < 4.78 is 41.3. The first-order valence-electron chi connectivity index (χ1n) is 13.6. The van der Waals surface area contributed by atoms with Gasteiger partial charge in [0.2, 0.25) is 17.5 Å². The smallest absolute Gasteiger partial charge is 0.345 e. The van der Waals surface area contributed by atoms with Crippen LogP contribution in [0.25, 0.3) is 5.70 Å². The van der Waals surface area contributed by atoms with Crippen molar-refractivity contribution >= 4 is 35.3 Å². The molecule has 7 nitrogen and oxygen atoms in total. The number of piperidine rings is 1. The molecular formula is C31H34F3N4O3+. The van der Waals surface area contributed by atoms with E-state index in [0.717, 1.165) is 23.4 Å². The molecule has 2 aliphatic rings. The van der Waals surface area contributed by atoms with E-state index in [0.29, 0.717) is 50.2 Å². The Bertz CT molecular complexity index is 1410. The first-order chi connectivity index (χ1) is 19.5. The molecule has 0 bridgehead atoms. The van der Waals surface area contributed by atoms with Crippen LogP contribution in [0, 0.1) is 5.92 Å². The Morgan fingerprint density at radius 1 is 1.07 bits per heavy atom. The number of allylic oxidation sites excluding steroid dienone is 1. The van der Waals surface area contributed by atoms with Crippen LogP contribution in [0.4, 0.5) is 18.9 Å². The van der Waals surface area contributed by atoms with Crippen molar-refractivity contribution in [1.29, 1.82) is 0 Å². The summed E-state index contributed by atoms with van der Waals surface area (Å²) in [7, 11) is 1.77. The van der Waals surface area contributed by atoms with E-state index < -0.39 is 17.6 Å². The van der Waals surface area contributed by atoms with Crippen LogP contribution in [0.2, 0.25) is 0 Å². The molecule has 0 aliphatic carbocycles. The number of anilines is 1. The van der Waals surface area contributed by atoms with Gasteiger partial charge in [0, 0.05) is 70.2 Å². The lowest BCUT2D eigenvalue weighted by molar-refractivity contribution is -0.366. The number of carbonyl (C=O) groups excluding carboxylic acids is 3. The van der Waals surface area contributed by atoms with Crippen molar-refractivity contribution in [1.82, 2.24) is 9.80 Å². The van der Waals surface area contributed by atoms with E-state index in [2.05, 4.69) is 5.32 Å². The third-order valence-electron chi connectivity index (χ3n) is 7.50. The SMILES string of the molecule is CC(=O)N1CCC(C(=O)N(C)CCC=[N+]2C(c3ccccc3)=CC(C(=O)Nc3cccc(C(F)(F)F)c3)=C2C)CC1. The van der Waals surface area contributed by atoms with Gasteiger partial charge in [-0.25, -0.2) is 0 Å². The summed E-state index contributed by atoms with van der Waals surface area (Å²) in [5, 5.41) is 2.60. The third-order valence-corrected chi connectivity index (χ3v) is 7.50. The molecular weight excluding hydrogens is 533 g/mol. The molecule has 41 heavy (non-hydrogen) atoms. The topological polar surface area (TPSA) is 72.7 Å². The highest BCUT2D eigenvalue weighted by atomic mass is 19.4. The number of carbonyl (C=O) groups is 3. The highest BCUT2D eigenvalue weighted by Gasteiger charge is 2.34. The van der Waals surface area contributed by atoms with Crippen LogP contribution in [0.5, 0.6) is 0 Å². The Hall–Kier alpha value is -4.21. The number of nitrogens with zero attached hydrogens (tertiary/aromatic N) is 3. The standard InChI is InChI=1S/C31H33F3N4O3/c1-21-27(29(40)35-26-12-7-11-25(19-26)31(32,33)34)20-28(23-9-5-4-6-10-23)38(21)16-8-15-36(3)30(41)24-13-17-37(18-14-24)22(2)39/h4-7,9-12,16,19-20,24H,8,13-15,17-18H2,1-3H3/p+1. The van der Waals surface area contributed by atoms with Crippen molar-refractivity contribution in [2.75, 3.05) is 32.0 Å². The van der Waals surface area contributed by atoms with Crippen LogP contribution < -0.4 is 5.32 Å². The number of benzene rings is 2. The van der Waals surface area contributed by atoms with Gasteiger partial charge in [-0.2, -0.15) is 17.7 Å². The Morgan fingerprint density at radius 2 is 1.76 bits per heavy atom. The quantitative estimate of drug-likeness (QED) is 0.470. The van der Waals surface area contributed by atoms with Crippen LogP contribution in [-0.2, 0) is 20.6 Å². The maximum Gasteiger partial charge on any atom is 0.416 e. The van der Waals surface area contributed by atoms with Gasteiger partial charge in [-0.05, 0) is 43.2 Å². The van der Waals surface area contributed by atoms with E-state index in [1.807, 2.05) is 41.1 Å². The minimum absolute atomic E-state index is 0.0260. The van der Waals surface area contributed by atoms with E-state index in [9.17, 15) is 27.6 Å². The number of alkyl halides is 3. The number of rotatable bonds is 7. The van der Waals surface area contributed by atoms with Gasteiger partial charge in [0.25, 0.3) is 5.91 Å². The fourth-order valence-corrected chi connectivity index (χ4v) is 5.13. The summed E-state index contributed by atoms with van der Waals surface area (Å²) in [6, 6.07) is 14.0. The van der Waals surface area contributed by atoms with Gasteiger partial charge in [0.1, 0.15) is 5.57 Å². The van der Waals surface area contributed by atoms with Crippen LogP contribution in [0.1, 0.15) is 44.2 Å². The molecule has 1 fully saturated rings. The summed E-state index contributed by atoms with van der Waals surface area (Å²) >= 11 is 0. The zero-order valence-electron chi connectivity index (χ0n) is 23.4. The minimum Gasteiger partial charge on any atom is -0.345 e. The molecule has 2 aromatic carbocycles. The second kappa shape index (κ2) is 12.5. The van der Waals surface area contributed by atoms with Crippen LogP contribution >= 0.6 is 0 Å². The average molecular weight is 568 g/mol. The van der Waals surface area contributed by atoms with Crippen molar-refractivity contribution in [3.8, 4) is 0 Å². The number of hydrogen-bond donors (Lipinski definition) is 1. The summed E-state index contributed by atoms with van der Waals surface area (Å²) in [6.07, 6.45) is 0.925. The highest BCUT2D eigenvalue weighted by molar-refractivity contribution is 6.08. The second-order valence-electron chi connectivity index (χ2n) is 10.3. The Kier molecular flexibility index (Phi) is 9.10. The van der Waals surface area contributed by atoms with Crippen LogP contribution in [0.3, 0.4) is 0 Å². The molecule has 0 atom stereocenters. The van der Waals surface area contributed by atoms with Gasteiger partial charge in [-0.1, -0.05) is 24.3 Å². The minimum atomic E-state index is -4.52. The van der Waals surface area contributed by atoms with Gasteiger partial charge in [0.05, 0.1) is 5.56 Å². The number of likely N-dealkylation sites (tertiary alicyclic amines) is 1. The first-order valence-corrected chi connectivity index (χ1v) is 13.6. The lowest BCUT2D eigenvalue weighted by atomic mass is 9.95. The van der Waals surface area contributed by atoms with E-state index in [-0.39, 0.29) is 23.4 Å². The Balaban J connectivity index is 1.49. The Morgan fingerprint density at radius 3 is 2.39 bits per heavy atom. The molecule has 2 heterocycles. The molecule has 0 unspecified atom stereocenters. The predicted octanol–water partition coefficient (Wildman–Crippen LogP) is 5.16. The molecule has 0 radical (unpaired) electrons. The molecule has 10 heteroatoms. The molecule has 0 saturated carbocycles. The van der Waals surface area contributed by atoms with E-state index in [1.54, 1.807) is 29.8 Å². The summed E-state index contributed by atoms with van der Waals surface area (Å²) in [5.74, 6) is -0.557. The molecule has 2 aromatic rings. The average Bonchev–Trinajstić information content (AvgIpc) is 3.28. The third kappa shape index (κ3) is 7.11. The number of nitrogens with one attached hydrogen (secondary N) is 1. The molecule has 0 spiro atoms. The van der Waals surface area contributed by atoms with Crippen molar-refractivity contribution in [3.05, 3.63) is 83.1 Å². The van der Waals surface area contributed by atoms with Gasteiger partial charge in [-0.15, -0.1) is 0 Å². The van der Waals surface area contributed by atoms with Crippen molar-refractivity contribution in [3.63, 3.8) is 0 Å². The van der Waals surface area contributed by atoms with Crippen molar-refractivity contribution < 1.29 is 32.1 Å². The molecule has 1 saturated heterocycles. The van der Waals surface area contributed by atoms with Crippen molar-refractivity contribution in [2.45, 2.75) is 39.3 Å². The van der Waals surface area contributed by atoms with Gasteiger partial charge in [0.15, 0.2) is 11.9 Å². The molecule has 4 rings (SSSR count). The largest absolute Gasteiger partial charge is 0.416 e. The lowest BCUT2D eigenvalue weighted by Gasteiger charge is -2.32. The zero-order chi connectivity index (χ0) is 29.7. The zero-order valence-corrected chi connectivity index (χ0v) is 23.4. The molecule has 0 aromatic heterocycles. The van der Waals surface area contributed by atoms with Gasteiger partial charge >= 0.3 is 6.18 Å². The Labute approximate surface area is 237 Å². The molecule has 1 N–H and O–H groups in total. The monoisotopic (exact) mass is 567 g/mol. The van der Waals surface area contributed by atoms with Gasteiger partial charge in [-0.3, -0.25) is 14.4 Å². The first kappa shape index (κ1) is 29.8. The predicted molar refractivity (Wildman–Crippen MR) is 151 cm³/mol.